The van der Waals surface area contributed by atoms with E-state index in [2.05, 4.69) is 27.5 Å². The van der Waals surface area contributed by atoms with E-state index in [0.29, 0.717) is 6.54 Å². The number of amides is 1. The molecule has 1 aromatic heterocycles. The van der Waals surface area contributed by atoms with Gasteiger partial charge in [0.2, 0.25) is 5.91 Å². The first kappa shape index (κ1) is 15.3. The second kappa shape index (κ2) is 7.59. The summed E-state index contributed by atoms with van der Waals surface area (Å²) in [5.74, 6) is 0.939. The molecule has 0 bridgehead atoms. The van der Waals surface area contributed by atoms with Gasteiger partial charge in [-0.1, -0.05) is 18.2 Å². The summed E-state index contributed by atoms with van der Waals surface area (Å²) in [5.41, 5.74) is 2.12. The van der Waals surface area contributed by atoms with Gasteiger partial charge in [0, 0.05) is 26.6 Å². The lowest BCUT2D eigenvalue weighted by atomic mass is 10.3. The van der Waals surface area contributed by atoms with Gasteiger partial charge in [-0.3, -0.25) is 4.79 Å². The van der Waals surface area contributed by atoms with Crippen LogP contribution in [0, 0.1) is 0 Å². The highest BCUT2D eigenvalue weighted by Crippen LogP contribution is 2.17. The number of nitrogens with zero attached hydrogens (tertiary/aromatic N) is 2. The van der Waals surface area contributed by atoms with Gasteiger partial charge in [-0.25, -0.2) is 4.98 Å². The number of allylic oxidation sites excluding steroid dienone is 1. The highest BCUT2D eigenvalue weighted by Gasteiger charge is 2.09. The highest BCUT2D eigenvalue weighted by atomic mass is 16.5. The smallest absolute Gasteiger partial charge is 0.245 e. The molecule has 0 spiro atoms. The van der Waals surface area contributed by atoms with Crippen molar-refractivity contribution in [3.8, 4) is 0 Å². The monoisotopic (exact) mass is 287 g/mol. The van der Waals surface area contributed by atoms with Crippen molar-refractivity contribution in [1.29, 1.82) is 0 Å². The van der Waals surface area contributed by atoms with Crippen LogP contribution in [0.15, 0.2) is 36.9 Å². The number of aromatic nitrogens is 2. The molecular weight excluding hydrogens is 266 g/mol. The molecule has 1 aromatic carbocycles. The number of hydrogen-bond donors (Lipinski definition) is 1. The van der Waals surface area contributed by atoms with Gasteiger partial charge in [-0.2, -0.15) is 0 Å². The van der Waals surface area contributed by atoms with E-state index < -0.39 is 0 Å². The van der Waals surface area contributed by atoms with Gasteiger partial charge in [0.1, 0.15) is 12.4 Å². The predicted molar refractivity (Wildman–Crippen MR) is 83.1 cm³/mol. The lowest BCUT2D eigenvalue weighted by Crippen LogP contribution is -2.28. The number of benzene rings is 1. The van der Waals surface area contributed by atoms with Crippen LogP contribution in [0.4, 0.5) is 0 Å². The average molecular weight is 287 g/mol. The zero-order valence-electron chi connectivity index (χ0n) is 12.3. The van der Waals surface area contributed by atoms with Crippen LogP contribution in [-0.2, 0) is 22.5 Å². The Balaban J connectivity index is 1.99. The minimum atomic E-state index is -0.0860. The van der Waals surface area contributed by atoms with Crippen molar-refractivity contribution < 1.29 is 9.53 Å². The van der Waals surface area contributed by atoms with Crippen LogP contribution in [0.1, 0.15) is 12.2 Å². The van der Waals surface area contributed by atoms with Crippen molar-refractivity contribution in [3.05, 3.63) is 42.7 Å². The quantitative estimate of drug-likeness (QED) is 0.596. The largest absolute Gasteiger partial charge is 0.375 e. The topological polar surface area (TPSA) is 56.2 Å². The van der Waals surface area contributed by atoms with Gasteiger partial charge in [0.15, 0.2) is 0 Å². The molecule has 0 atom stereocenters. The molecule has 112 valence electrons. The zero-order chi connectivity index (χ0) is 15.1. The second-order valence-corrected chi connectivity index (χ2v) is 4.80. The molecule has 0 aliphatic carbocycles. The Morgan fingerprint density at radius 1 is 1.48 bits per heavy atom. The summed E-state index contributed by atoms with van der Waals surface area (Å²) in [5, 5.41) is 2.82. The number of hydrogen-bond acceptors (Lipinski definition) is 3. The van der Waals surface area contributed by atoms with E-state index in [1.165, 1.54) is 7.11 Å². The number of fused-ring (bicyclic) bond motifs is 1. The fourth-order valence-corrected chi connectivity index (χ4v) is 2.31. The molecular formula is C16H21N3O2. The number of nitrogens with one attached hydrogen (secondary N) is 1. The van der Waals surface area contributed by atoms with Crippen LogP contribution in [0.2, 0.25) is 0 Å². The molecule has 2 aromatic rings. The summed E-state index contributed by atoms with van der Waals surface area (Å²) in [4.78, 5) is 16.0. The minimum absolute atomic E-state index is 0.0860. The molecule has 0 saturated carbocycles. The number of imidazole rings is 1. The molecule has 0 aliphatic rings. The summed E-state index contributed by atoms with van der Waals surface area (Å²) in [7, 11) is 1.51. The lowest BCUT2D eigenvalue weighted by molar-refractivity contribution is -0.124. The molecule has 0 radical (unpaired) electrons. The maximum Gasteiger partial charge on any atom is 0.245 e. The Kier molecular flexibility index (Phi) is 5.51. The summed E-state index contributed by atoms with van der Waals surface area (Å²) >= 11 is 0. The third-order valence-electron chi connectivity index (χ3n) is 3.22. The molecule has 1 N–H and O–H groups in total. The van der Waals surface area contributed by atoms with Crippen LogP contribution in [0.25, 0.3) is 11.0 Å². The van der Waals surface area contributed by atoms with Gasteiger partial charge < -0.3 is 14.6 Å². The maximum atomic E-state index is 11.3. The fourth-order valence-electron chi connectivity index (χ4n) is 2.31. The number of rotatable bonds is 8. The summed E-state index contributed by atoms with van der Waals surface area (Å²) in [6.45, 7) is 5.28. The van der Waals surface area contributed by atoms with Crippen LogP contribution < -0.4 is 5.32 Å². The van der Waals surface area contributed by atoms with Crippen molar-refractivity contribution in [1.82, 2.24) is 14.9 Å². The fraction of sp³-hybridized carbons (Fsp3) is 0.375. The molecule has 5 heteroatoms. The number of ether oxygens (including phenoxy) is 1. The average Bonchev–Trinajstić information content (AvgIpc) is 2.83. The van der Waals surface area contributed by atoms with E-state index in [1.54, 1.807) is 0 Å². The highest BCUT2D eigenvalue weighted by molar-refractivity contribution is 5.77. The number of carbonyl (C=O) groups is 1. The molecule has 21 heavy (non-hydrogen) atoms. The molecule has 0 aliphatic heterocycles. The van der Waals surface area contributed by atoms with Crippen LogP contribution in [0.5, 0.6) is 0 Å². The normalized spacial score (nSPS) is 10.7. The number of methoxy groups -OCH3 is 1. The number of carbonyl (C=O) groups excluding carboxylic acids is 1. The Morgan fingerprint density at radius 2 is 2.29 bits per heavy atom. The molecule has 5 nitrogen and oxygen atoms in total. The molecule has 2 rings (SSSR count). The van der Waals surface area contributed by atoms with Crippen molar-refractivity contribution in [2.45, 2.75) is 19.4 Å². The standard InChI is InChI=1S/C16H21N3O2/c1-3-11-19-14-8-5-4-7-13(14)18-15(19)9-6-10-17-16(20)12-21-2/h3-5,7-8H,1,6,9-12H2,2H3,(H,17,20). The summed E-state index contributed by atoms with van der Waals surface area (Å²) in [6, 6.07) is 8.08. The van der Waals surface area contributed by atoms with E-state index in [0.717, 1.165) is 36.2 Å². The van der Waals surface area contributed by atoms with E-state index in [1.807, 2.05) is 24.3 Å². The molecule has 0 fully saturated rings. The molecule has 1 heterocycles. The molecule has 0 unspecified atom stereocenters. The van der Waals surface area contributed by atoms with E-state index >= 15 is 0 Å². The van der Waals surface area contributed by atoms with Crippen LogP contribution in [-0.4, -0.2) is 35.7 Å². The minimum Gasteiger partial charge on any atom is -0.375 e. The lowest BCUT2D eigenvalue weighted by Gasteiger charge is -2.07. The van der Waals surface area contributed by atoms with Crippen molar-refractivity contribution in [2.75, 3.05) is 20.3 Å². The Hall–Kier alpha value is -2.14. The van der Waals surface area contributed by atoms with Gasteiger partial charge in [-0.15, -0.1) is 6.58 Å². The maximum absolute atomic E-state index is 11.3. The first-order valence-corrected chi connectivity index (χ1v) is 7.07. The van der Waals surface area contributed by atoms with Gasteiger partial charge in [0.05, 0.1) is 11.0 Å². The SMILES string of the molecule is C=CCn1c(CCCNC(=O)COC)nc2ccccc21. The third kappa shape index (κ3) is 3.92. The number of aryl methyl sites for hydroxylation is 1. The third-order valence-corrected chi connectivity index (χ3v) is 3.22. The zero-order valence-corrected chi connectivity index (χ0v) is 12.3. The van der Waals surface area contributed by atoms with Crippen LogP contribution in [0.3, 0.4) is 0 Å². The second-order valence-electron chi connectivity index (χ2n) is 4.80. The van der Waals surface area contributed by atoms with Gasteiger partial charge >= 0.3 is 0 Å². The van der Waals surface area contributed by atoms with Crippen LogP contribution >= 0.6 is 0 Å². The first-order valence-electron chi connectivity index (χ1n) is 7.07. The Labute approximate surface area is 124 Å². The Bertz CT molecular complexity index is 619. The Morgan fingerprint density at radius 3 is 3.05 bits per heavy atom. The van der Waals surface area contributed by atoms with E-state index in [4.69, 9.17) is 4.74 Å². The van der Waals surface area contributed by atoms with E-state index in [9.17, 15) is 4.79 Å². The predicted octanol–water partition coefficient (Wildman–Crippen LogP) is 1.92. The summed E-state index contributed by atoms with van der Waals surface area (Å²) < 4.78 is 6.94. The molecule has 0 saturated heterocycles. The molecule has 1 amide bonds. The first-order chi connectivity index (χ1) is 10.3. The van der Waals surface area contributed by atoms with Gasteiger partial charge in [0.25, 0.3) is 0 Å². The van der Waals surface area contributed by atoms with E-state index in [-0.39, 0.29) is 12.5 Å². The van der Waals surface area contributed by atoms with Crippen molar-refractivity contribution in [3.63, 3.8) is 0 Å². The van der Waals surface area contributed by atoms with Gasteiger partial charge in [-0.05, 0) is 18.6 Å². The van der Waals surface area contributed by atoms with Crippen molar-refractivity contribution in [2.24, 2.45) is 0 Å². The summed E-state index contributed by atoms with van der Waals surface area (Å²) in [6.07, 6.45) is 3.53. The number of para-hydroxylation sites is 2. The van der Waals surface area contributed by atoms with Crippen molar-refractivity contribution >= 4 is 16.9 Å².